The third-order valence-corrected chi connectivity index (χ3v) is 6.14. The predicted molar refractivity (Wildman–Crippen MR) is 74.2 cm³/mol. The maximum Gasteiger partial charge on any atom is 0.263 e. The molecule has 0 aliphatic carbocycles. The van der Waals surface area contributed by atoms with Crippen LogP contribution in [-0.2, 0) is 17.1 Å². The summed E-state index contributed by atoms with van der Waals surface area (Å²) in [6, 6.07) is -0.00875. The molecule has 0 saturated carbocycles. The Bertz CT molecular complexity index is 523. The summed E-state index contributed by atoms with van der Waals surface area (Å²) in [5.41, 5.74) is 0. The van der Waals surface area contributed by atoms with Crippen LogP contribution < -0.4 is 5.32 Å². The monoisotopic (exact) mass is 351 g/mol. The number of hydrogen-bond donors (Lipinski definition) is 1. The second-order valence-electron chi connectivity index (χ2n) is 4.63. The zero-order chi connectivity index (χ0) is 14.0. The number of nitrogens with zero attached hydrogens (tertiary/aromatic N) is 4. The van der Waals surface area contributed by atoms with Crippen molar-refractivity contribution in [1.82, 2.24) is 24.6 Å². The standard InChI is InChI=1S/C10H18BrN5O2S/c1-12-7-8-5-3-4-6-16(8)19(17,18)10-9(11)13-14-15(10)2/h8,12H,3-7H2,1-2H3. The van der Waals surface area contributed by atoms with Gasteiger partial charge in [-0.25, -0.2) is 13.1 Å². The van der Waals surface area contributed by atoms with Crippen molar-refractivity contribution in [3.63, 3.8) is 0 Å². The van der Waals surface area contributed by atoms with Gasteiger partial charge in [0.2, 0.25) is 5.03 Å². The highest BCUT2D eigenvalue weighted by molar-refractivity contribution is 9.10. The molecule has 1 N–H and O–H groups in total. The molecule has 2 rings (SSSR count). The first-order chi connectivity index (χ1) is 8.98. The SMILES string of the molecule is CNCC1CCCCN1S(=O)(=O)c1c(Br)nnn1C. The molecule has 19 heavy (non-hydrogen) atoms. The molecule has 1 aromatic heterocycles. The van der Waals surface area contributed by atoms with E-state index in [0.29, 0.717) is 13.1 Å². The number of sulfonamides is 1. The third kappa shape index (κ3) is 2.83. The molecule has 7 nitrogen and oxygen atoms in total. The van der Waals surface area contributed by atoms with E-state index < -0.39 is 10.0 Å². The Kier molecular flexibility index (Phi) is 4.59. The van der Waals surface area contributed by atoms with Crippen molar-refractivity contribution >= 4 is 26.0 Å². The maximum atomic E-state index is 12.7. The van der Waals surface area contributed by atoms with E-state index in [1.807, 2.05) is 7.05 Å². The molecule has 0 amide bonds. The van der Waals surface area contributed by atoms with Crippen LogP contribution >= 0.6 is 15.9 Å². The molecule has 0 spiro atoms. The van der Waals surface area contributed by atoms with E-state index in [9.17, 15) is 8.42 Å². The molecule has 0 radical (unpaired) electrons. The topological polar surface area (TPSA) is 80.1 Å². The summed E-state index contributed by atoms with van der Waals surface area (Å²) in [6.07, 6.45) is 2.83. The van der Waals surface area contributed by atoms with Crippen molar-refractivity contribution in [3.8, 4) is 0 Å². The lowest BCUT2D eigenvalue weighted by Crippen LogP contribution is -2.48. The summed E-state index contributed by atoms with van der Waals surface area (Å²) >= 11 is 3.16. The first-order valence-corrected chi connectivity index (χ1v) is 8.43. The molecule has 1 atom stereocenters. The van der Waals surface area contributed by atoms with Crippen LogP contribution in [0.5, 0.6) is 0 Å². The van der Waals surface area contributed by atoms with Gasteiger partial charge in [-0.2, -0.15) is 4.31 Å². The predicted octanol–water partition coefficient (Wildman–Crippen LogP) is 0.340. The van der Waals surface area contributed by atoms with Crippen LogP contribution in [0.3, 0.4) is 0 Å². The lowest BCUT2D eigenvalue weighted by molar-refractivity contribution is 0.247. The Labute approximate surface area is 121 Å². The minimum atomic E-state index is -3.57. The van der Waals surface area contributed by atoms with Gasteiger partial charge in [-0.3, -0.25) is 0 Å². The summed E-state index contributed by atoms with van der Waals surface area (Å²) in [5, 5.41) is 10.7. The zero-order valence-electron chi connectivity index (χ0n) is 11.0. The lowest BCUT2D eigenvalue weighted by Gasteiger charge is -2.34. The third-order valence-electron chi connectivity index (χ3n) is 3.30. The van der Waals surface area contributed by atoms with E-state index in [2.05, 4.69) is 31.6 Å². The van der Waals surface area contributed by atoms with Crippen LogP contribution in [0.4, 0.5) is 0 Å². The summed E-state index contributed by atoms with van der Waals surface area (Å²) in [4.78, 5) is 0. The van der Waals surface area contributed by atoms with Gasteiger partial charge in [-0.15, -0.1) is 5.10 Å². The summed E-state index contributed by atoms with van der Waals surface area (Å²) in [5.74, 6) is 0. The molecule has 9 heteroatoms. The van der Waals surface area contributed by atoms with E-state index in [0.717, 1.165) is 19.3 Å². The number of piperidine rings is 1. The van der Waals surface area contributed by atoms with Crippen LogP contribution in [0.1, 0.15) is 19.3 Å². The average molecular weight is 352 g/mol. The second kappa shape index (κ2) is 5.86. The highest BCUT2D eigenvalue weighted by Crippen LogP contribution is 2.27. The van der Waals surface area contributed by atoms with E-state index >= 15 is 0 Å². The quantitative estimate of drug-likeness (QED) is 0.845. The Morgan fingerprint density at radius 2 is 2.21 bits per heavy atom. The fraction of sp³-hybridized carbons (Fsp3) is 0.800. The smallest absolute Gasteiger partial charge is 0.263 e. The van der Waals surface area contributed by atoms with Crippen molar-refractivity contribution in [2.75, 3.05) is 20.1 Å². The molecule has 0 bridgehead atoms. The van der Waals surface area contributed by atoms with Crippen molar-refractivity contribution in [2.45, 2.75) is 30.3 Å². The Balaban J connectivity index is 2.37. The molecular formula is C10H18BrN5O2S. The number of halogens is 1. The molecule has 1 fully saturated rings. The van der Waals surface area contributed by atoms with Crippen LogP contribution in [0.25, 0.3) is 0 Å². The molecule has 1 aromatic rings. The van der Waals surface area contributed by atoms with Crippen molar-refractivity contribution in [1.29, 1.82) is 0 Å². The average Bonchev–Trinajstić information content (AvgIpc) is 2.70. The molecular weight excluding hydrogens is 334 g/mol. The minimum Gasteiger partial charge on any atom is -0.318 e. The van der Waals surface area contributed by atoms with Crippen molar-refractivity contribution < 1.29 is 8.42 Å². The van der Waals surface area contributed by atoms with Gasteiger partial charge in [0.05, 0.1) is 0 Å². The molecule has 1 unspecified atom stereocenters. The zero-order valence-corrected chi connectivity index (χ0v) is 13.4. The molecule has 108 valence electrons. The Morgan fingerprint density at radius 1 is 1.47 bits per heavy atom. The summed E-state index contributed by atoms with van der Waals surface area (Å²) < 4.78 is 28.6. The normalized spacial score (nSPS) is 21.7. The van der Waals surface area contributed by atoms with Gasteiger partial charge in [-0.05, 0) is 35.8 Å². The van der Waals surface area contributed by atoms with E-state index in [1.165, 1.54) is 4.68 Å². The number of rotatable bonds is 4. The molecule has 1 saturated heterocycles. The van der Waals surface area contributed by atoms with Gasteiger partial charge in [0.1, 0.15) is 0 Å². The highest BCUT2D eigenvalue weighted by atomic mass is 79.9. The largest absolute Gasteiger partial charge is 0.318 e. The summed E-state index contributed by atoms with van der Waals surface area (Å²) in [7, 11) is -0.148. The molecule has 1 aliphatic rings. The summed E-state index contributed by atoms with van der Waals surface area (Å²) in [6.45, 7) is 1.20. The Morgan fingerprint density at radius 3 is 2.79 bits per heavy atom. The first kappa shape index (κ1) is 14.9. The molecule has 2 heterocycles. The van der Waals surface area contributed by atoms with Crippen molar-refractivity contribution in [3.05, 3.63) is 4.60 Å². The van der Waals surface area contributed by atoms with Gasteiger partial charge in [0.25, 0.3) is 10.0 Å². The number of likely N-dealkylation sites (N-methyl/N-ethyl adjacent to an activating group) is 1. The number of aryl methyl sites for hydroxylation is 1. The number of nitrogens with one attached hydrogen (secondary N) is 1. The highest BCUT2D eigenvalue weighted by Gasteiger charge is 2.36. The fourth-order valence-electron chi connectivity index (χ4n) is 2.44. The minimum absolute atomic E-state index is 0.00875. The molecule has 0 aromatic carbocycles. The number of hydrogen-bond acceptors (Lipinski definition) is 5. The van der Waals surface area contributed by atoms with Crippen molar-refractivity contribution in [2.24, 2.45) is 7.05 Å². The van der Waals surface area contributed by atoms with Gasteiger partial charge >= 0.3 is 0 Å². The maximum absolute atomic E-state index is 12.7. The van der Waals surface area contributed by atoms with Crippen LogP contribution in [-0.4, -0.2) is 53.9 Å². The van der Waals surface area contributed by atoms with Crippen LogP contribution in [0.15, 0.2) is 9.63 Å². The molecule has 1 aliphatic heterocycles. The van der Waals surface area contributed by atoms with Gasteiger partial charge in [0, 0.05) is 26.2 Å². The lowest BCUT2D eigenvalue weighted by atomic mass is 10.1. The Hall–Kier alpha value is -0.510. The van der Waals surface area contributed by atoms with Gasteiger partial charge in [0.15, 0.2) is 4.60 Å². The van der Waals surface area contributed by atoms with Gasteiger partial charge in [-0.1, -0.05) is 11.6 Å². The second-order valence-corrected chi connectivity index (χ2v) is 7.19. The van der Waals surface area contributed by atoms with Gasteiger partial charge < -0.3 is 5.32 Å². The van der Waals surface area contributed by atoms with E-state index in [-0.39, 0.29) is 15.7 Å². The van der Waals surface area contributed by atoms with Crippen LogP contribution in [0, 0.1) is 0 Å². The van der Waals surface area contributed by atoms with Crippen LogP contribution in [0.2, 0.25) is 0 Å². The van der Waals surface area contributed by atoms with E-state index in [4.69, 9.17) is 0 Å². The number of aromatic nitrogens is 3. The fourth-order valence-corrected chi connectivity index (χ4v) is 5.17. The van der Waals surface area contributed by atoms with E-state index in [1.54, 1.807) is 11.4 Å². The first-order valence-electron chi connectivity index (χ1n) is 6.20.